The van der Waals surface area contributed by atoms with E-state index in [-0.39, 0.29) is 17.0 Å². The monoisotopic (exact) mass is 337 g/mol. The van der Waals surface area contributed by atoms with Gasteiger partial charge in [-0.3, -0.25) is 9.78 Å². The van der Waals surface area contributed by atoms with Crippen molar-refractivity contribution in [1.82, 2.24) is 14.6 Å². The molecule has 1 heterocycles. The summed E-state index contributed by atoms with van der Waals surface area (Å²) in [6.45, 7) is 0.163. The van der Waals surface area contributed by atoms with Gasteiger partial charge in [-0.05, 0) is 29.8 Å². The first-order valence-corrected chi connectivity index (χ1v) is 8.15. The molecule has 0 aliphatic carbocycles. The smallest absolute Gasteiger partial charge is 0.254 e. The van der Waals surface area contributed by atoms with Crippen LogP contribution in [0.1, 0.15) is 15.9 Å². The zero-order valence-corrected chi connectivity index (χ0v) is 13.5. The van der Waals surface area contributed by atoms with Gasteiger partial charge in [0, 0.05) is 33.0 Å². The van der Waals surface area contributed by atoms with E-state index in [0.29, 0.717) is 0 Å². The number of hydrogen-bond donors (Lipinski definition) is 1. The normalized spacial score (nSPS) is 11.5. The molecule has 122 valence electrons. The molecule has 0 aliphatic heterocycles. The molecule has 2 aromatic rings. The molecule has 1 aromatic carbocycles. The van der Waals surface area contributed by atoms with E-state index < -0.39 is 21.7 Å². The SMILES string of the molecule is CN(C)S(=O)(=O)c1ccc(F)c(C(=O)NCc2cccnc2)c1. The Morgan fingerprint density at radius 3 is 2.65 bits per heavy atom. The fraction of sp³-hybridized carbons (Fsp3) is 0.200. The van der Waals surface area contributed by atoms with Crippen molar-refractivity contribution < 1.29 is 17.6 Å². The first-order chi connectivity index (χ1) is 10.8. The van der Waals surface area contributed by atoms with Crippen molar-refractivity contribution in [3.63, 3.8) is 0 Å². The highest BCUT2D eigenvalue weighted by molar-refractivity contribution is 7.89. The molecule has 0 atom stereocenters. The average molecular weight is 337 g/mol. The van der Waals surface area contributed by atoms with E-state index in [9.17, 15) is 17.6 Å². The van der Waals surface area contributed by atoms with Crippen LogP contribution in [0.5, 0.6) is 0 Å². The van der Waals surface area contributed by atoms with Gasteiger partial charge in [0.2, 0.25) is 10.0 Å². The molecule has 0 fully saturated rings. The molecule has 6 nitrogen and oxygen atoms in total. The van der Waals surface area contributed by atoms with Crippen molar-refractivity contribution in [1.29, 1.82) is 0 Å². The highest BCUT2D eigenvalue weighted by Gasteiger charge is 2.21. The second-order valence-electron chi connectivity index (χ2n) is 4.97. The number of rotatable bonds is 5. The number of nitrogens with zero attached hydrogens (tertiary/aromatic N) is 2. The summed E-state index contributed by atoms with van der Waals surface area (Å²) in [6, 6.07) is 6.60. The topological polar surface area (TPSA) is 79.4 Å². The Labute approximate surface area is 134 Å². The maximum atomic E-state index is 13.9. The van der Waals surface area contributed by atoms with Gasteiger partial charge in [0.25, 0.3) is 5.91 Å². The molecule has 0 radical (unpaired) electrons. The summed E-state index contributed by atoms with van der Waals surface area (Å²) in [4.78, 5) is 15.9. The Balaban J connectivity index is 2.23. The summed E-state index contributed by atoms with van der Waals surface area (Å²) in [5.74, 6) is -1.48. The van der Waals surface area contributed by atoms with E-state index in [1.807, 2.05) is 0 Å². The van der Waals surface area contributed by atoms with Gasteiger partial charge in [0.15, 0.2) is 0 Å². The second-order valence-corrected chi connectivity index (χ2v) is 7.12. The molecule has 1 aromatic heterocycles. The van der Waals surface area contributed by atoms with Gasteiger partial charge in [-0.15, -0.1) is 0 Å². The molecule has 0 bridgehead atoms. The van der Waals surface area contributed by atoms with Gasteiger partial charge in [0.1, 0.15) is 5.82 Å². The summed E-state index contributed by atoms with van der Waals surface area (Å²) < 4.78 is 39.0. The summed E-state index contributed by atoms with van der Waals surface area (Å²) in [5, 5.41) is 2.54. The molecule has 8 heteroatoms. The third-order valence-corrected chi connectivity index (χ3v) is 4.95. The van der Waals surface area contributed by atoms with E-state index in [4.69, 9.17) is 0 Å². The minimum Gasteiger partial charge on any atom is -0.348 e. The molecular formula is C15H16FN3O3S. The fourth-order valence-electron chi connectivity index (χ4n) is 1.83. The maximum absolute atomic E-state index is 13.9. The zero-order valence-electron chi connectivity index (χ0n) is 12.7. The van der Waals surface area contributed by atoms with Gasteiger partial charge in [-0.2, -0.15) is 0 Å². The Hall–Kier alpha value is -2.32. The first kappa shape index (κ1) is 17.0. The van der Waals surface area contributed by atoms with Gasteiger partial charge < -0.3 is 5.32 Å². The fourth-order valence-corrected chi connectivity index (χ4v) is 2.76. The number of nitrogens with one attached hydrogen (secondary N) is 1. The summed E-state index contributed by atoms with van der Waals surface area (Å²) in [5.41, 5.74) is 0.426. The third-order valence-electron chi connectivity index (χ3n) is 3.14. The van der Waals surface area contributed by atoms with Gasteiger partial charge >= 0.3 is 0 Å². The third kappa shape index (κ3) is 3.91. The van der Waals surface area contributed by atoms with Crippen LogP contribution in [0.3, 0.4) is 0 Å². The average Bonchev–Trinajstić information content (AvgIpc) is 2.53. The van der Waals surface area contributed by atoms with Crippen LogP contribution in [0.15, 0.2) is 47.6 Å². The molecular weight excluding hydrogens is 321 g/mol. The minimum absolute atomic E-state index is 0.143. The largest absolute Gasteiger partial charge is 0.348 e. The van der Waals surface area contributed by atoms with Crippen LogP contribution in [0.2, 0.25) is 0 Å². The van der Waals surface area contributed by atoms with Gasteiger partial charge in [-0.1, -0.05) is 6.07 Å². The lowest BCUT2D eigenvalue weighted by atomic mass is 10.2. The number of halogens is 1. The highest BCUT2D eigenvalue weighted by Crippen LogP contribution is 2.17. The highest BCUT2D eigenvalue weighted by atomic mass is 32.2. The molecule has 0 aliphatic rings. The number of sulfonamides is 1. The van der Waals surface area contributed by atoms with Crippen LogP contribution in [-0.4, -0.2) is 37.7 Å². The second kappa shape index (κ2) is 6.84. The number of carbonyl (C=O) groups excluding carboxylic acids is 1. The number of hydrogen-bond acceptors (Lipinski definition) is 4. The zero-order chi connectivity index (χ0) is 17.0. The molecule has 2 rings (SSSR count). The van der Waals surface area contributed by atoms with Crippen LogP contribution in [0.4, 0.5) is 4.39 Å². The Kier molecular flexibility index (Phi) is 5.07. The van der Waals surface area contributed by atoms with Crippen molar-refractivity contribution in [2.45, 2.75) is 11.4 Å². The number of carbonyl (C=O) groups is 1. The van der Waals surface area contributed by atoms with E-state index in [0.717, 1.165) is 28.1 Å². The lowest BCUT2D eigenvalue weighted by Crippen LogP contribution is -2.26. The number of aromatic nitrogens is 1. The summed E-state index contributed by atoms with van der Waals surface area (Å²) in [6.07, 6.45) is 3.17. The first-order valence-electron chi connectivity index (χ1n) is 6.71. The molecule has 1 N–H and O–H groups in total. The summed E-state index contributed by atoms with van der Waals surface area (Å²) in [7, 11) is -1.02. The lowest BCUT2D eigenvalue weighted by molar-refractivity contribution is 0.0946. The van der Waals surface area contributed by atoms with Crippen molar-refractivity contribution in [3.05, 3.63) is 59.7 Å². The van der Waals surface area contributed by atoms with Crippen LogP contribution < -0.4 is 5.32 Å². The molecule has 23 heavy (non-hydrogen) atoms. The molecule has 1 amide bonds. The lowest BCUT2D eigenvalue weighted by Gasteiger charge is -2.13. The molecule has 0 spiro atoms. The molecule has 0 saturated heterocycles. The number of pyridine rings is 1. The van der Waals surface area contributed by atoms with Crippen molar-refractivity contribution >= 4 is 15.9 Å². The van der Waals surface area contributed by atoms with Crippen LogP contribution in [0, 0.1) is 5.82 Å². The van der Waals surface area contributed by atoms with E-state index in [1.54, 1.807) is 24.5 Å². The van der Waals surface area contributed by atoms with Crippen LogP contribution in [-0.2, 0) is 16.6 Å². The quantitative estimate of drug-likeness (QED) is 0.894. The molecule has 0 saturated carbocycles. The van der Waals surface area contributed by atoms with Crippen molar-refractivity contribution in [2.24, 2.45) is 0 Å². The van der Waals surface area contributed by atoms with Crippen molar-refractivity contribution in [2.75, 3.05) is 14.1 Å². The van der Waals surface area contributed by atoms with Crippen LogP contribution in [0.25, 0.3) is 0 Å². The Morgan fingerprint density at radius 1 is 1.30 bits per heavy atom. The Morgan fingerprint density at radius 2 is 2.04 bits per heavy atom. The van der Waals surface area contributed by atoms with Gasteiger partial charge in [0.05, 0.1) is 10.5 Å². The number of amides is 1. The van der Waals surface area contributed by atoms with E-state index in [2.05, 4.69) is 10.3 Å². The maximum Gasteiger partial charge on any atom is 0.254 e. The van der Waals surface area contributed by atoms with Crippen LogP contribution >= 0.6 is 0 Å². The van der Waals surface area contributed by atoms with Gasteiger partial charge in [-0.25, -0.2) is 17.1 Å². The van der Waals surface area contributed by atoms with E-state index >= 15 is 0 Å². The van der Waals surface area contributed by atoms with Crippen molar-refractivity contribution in [3.8, 4) is 0 Å². The van der Waals surface area contributed by atoms with E-state index in [1.165, 1.54) is 14.1 Å². The number of benzene rings is 1. The molecule has 0 unspecified atom stereocenters. The minimum atomic E-state index is -3.74. The Bertz CT molecular complexity index is 808. The predicted molar refractivity (Wildman–Crippen MR) is 82.7 cm³/mol. The predicted octanol–water partition coefficient (Wildman–Crippen LogP) is 1.40. The standard InChI is InChI=1S/C15H16FN3O3S/c1-19(2)23(21,22)12-5-6-14(16)13(8-12)15(20)18-10-11-4-3-7-17-9-11/h3-9H,10H2,1-2H3,(H,18,20). The summed E-state index contributed by atoms with van der Waals surface area (Å²) >= 11 is 0.